The van der Waals surface area contributed by atoms with Crippen LogP contribution < -0.4 is 0 Å². The van der Waals surface area contributed by atoms with Gasteiger partial charge in [-0.2, -0.15) is 0 Å². The summed E-state index contributed by atoms with van der Waals surface area (Å²) in [6, 6.07) is 29.5. The molecule has 3 aromatic carbocycles. The zero-order chi connectivity index (χ0) is 21.2. The first kappa shape index (κ1) is 20.2. The van der Waals surface area contributed by atoms with Crippen molar-refractivity contribution in [2.45, 2.75) is 44.7 Å². The number of rotatable bonds is 5. The Bertz CT molecular complexity index is 993. The lowest BCUT2D eigenvalue weighted by atomic mass is 9.71. The Hall–Kier alpha value is -2.71. The number of fused-ring (bicyclic) bond motifs is 3. The van der Waals surface area contributed by atoms with Crippen molar-refractivity contribution in [3.63, 3.8) is 0 Å². The first-order chi connectivity index (χ1) is 15.2. The van der Waals surface area contributed by atoms with Crippen LogP contribution in [-0.4, -0.2) is 36.3 Å². The quantitative estimate of drug-likeness (QED) is 0.472. The Labute approximate surface area is 186 Å². The summed E-state index contributed by atoms with van der Waals surface area (Å²) in [6.07, 6.45) is 4.69. The topological polar surface area (TPSA) is 15.6 Å². The monoisotopic (exact) mass is 408 g/mol. The van der Waals surface area contributed by atoms with E-state index in [2.05, 4.69) is 104 Å². The molecule has 2 heteroatoms. The summed E-state index contributed by atoms with van der Waals surface area (Å²) in [5, 5.41) is 0. The van der Waals surface area contributed by atoms with E-state index in [0.29, 0.717) is 23.9 Å². The standard InChI is InChI=1S/C29H32N2/c1-21-13-14-22(2)26(19-21)20-30-28-25-15-17-31(18-16-25)29(28)27(23-9-5-3-6-10-23)24-11-7-4-8-12-24/h3-14,19-20,25,27-29H,15-18H2,1-2H3. The van der Waals surface area contributed by atoms with Crippen molar-refractivity contribution in [3.05, 3.63) is 107 Å². The molecule has 0 aromatic heterocycles. The van der Waals surface area contributed by atoms with Crippen LogP contribution in [0.1, 0.15) is 46.6 Å². The summed E-state index contributed by atoms with van der Waals surface area (Å²) in [4.78, 5) is 8.04. The minimum atomic E-state index is 0.327. The Kier molecular flexibility index (Phi) is 5.74. The molecule has 3 aliphatic heterocycles. The summed E-state index contributed by atoms with van der Waals surface area (Å²) >= 11 is 0. The first-order valence-electron chi connectivity index (χ1n) is 11.6. The average molecular weight is 409 g/mol. The number of nitrogens with zero attached hydrogens (tertiary/aromatic N) is 2. The van der Waals surface area contributed by atoms with Crippen molar-refractivity contribution in [1.82, 2.24) is 4.90 Å². The number of benzene rings is 3. The highest BCUT2D eigenvalue weighted by Gasteiger charge is 2.46. The molecule has 0 radical (unpaired) electrons. The molecule has 0 spiro atoms. The molecule has 0 saturated carbocycles. The van der Waals surface area contributed by atoms with Crippen molar-refractivity contribution >= 4 is 6.21 Å². The molecule has 6 rings (SSSR count). The lowest BCUT2D eigenvalue weighted by molar-refractivity contribution is 0.0215. The van der Waals surface area contributed by atoms with Crippen molar-refractivity contribution in [2.24, 2.45) is 10.9 Å². The maximum absolute atomic E-state index is 5.32. The normalized spacial score (nSPS) is 25.4. The van der Waals surface area contributed by atoms with E-state index in [1.54, 1.807) is 0 Å². The summed E-state index contributed by atoms with van der Waals surface area (Å²) in [5.74, 6) is 1.01. The zero-order valence-electron chi connectivity index (χ0n) is 18.6. The molecule has 31 heavy (non-hydrogen) atoms. The summed E-state index contributed by atoms with van der Waals surface area (Å²) in [6.45, 7) is 6.74. The van der Waals surface area contributed by atoms with Gasteiger partial charge in [0.2, 0.25) is 0 Å². The maximum Gasteiger partial charge on any atom is 0.0693 e. The van der Waals surface area contributed by atoms with Crippen LogP contribution >= 0.6 is 0 Å². The lowest BCUT2D eigenvalue weighted by Crippen LogP contribution is -2.59. The smallest absolute Gasteiger partial charge is 0.0693 e. The van der Waals surface area contributed by atoms with Gasteiger partial charge in [-0.1, -0.05) is 84.4 Å². The maximum atomic E-state index is 5.32. The Morgan fingerprint density at radius 3 is 2.06 bits per heavy atom. The van der Waals surface area contributed by atoms with Crippen LogP contribution in [0, 0.1) is 19.8 Å². The van der Waals surface area contributed by atoms with Gasteiger partial charge in [-0.3, -0.25) is 9.89 Å². The molecule has 3 aromatic rings. The van der Waals surface area contributed by atoms with E-state index in [1.165, 1.54) is 53.7 Å². The third-order valence-corrected chi connectivity index (χ3v) is 7.31. The third kappa shape index (κ3) is 4.09. The van der Waals surface area contributed by atoms with Gasteiger partial charge in [0.15, 0.2) is 0 Å². The van der Waals surface area contributed by atoms with E-state index >= 15 is 0 Å². The molecule has 2 bridgehead atoms. The fourth-order valence-corrected chi connectivity index (χ4v) is 5.64. The molecule has 0 N–H and O–H groups in total. The molecule has 3 fully saturated rings. The first-order valence-corrected chi connectivity index (χ1v) is 11.6. The minimum absolute atomic E-state index is 0.327. The number of hydrogen-bond donors (Lipinski definition) is 0. The molecule has 2 nitrogen and oxygen atoms in total. The van der Waals surface area contributed by atoms with E-state index in [1.807, 2.05) is 0 Å². The second-order valence-electron chi connectivity index (χ2n) is 9.29. The van der Waals surface area contributed by atoms with E-state index in [4.69, 9.17) is 4.99 Å². The minimum Gasteiger partial charge on any atom is -0.297 e. The molecule has 3 heterocycles. The summed E-state index contributed by atoms with van der Waals surface area (Å²) in [5.41, 5.74) is 6.65. The molecule has 3 aliphatic rings. The highest BCUT2D eigenvalue weighted by atomic mass is 15.2. The SMILES string of the molecule is Cc1ccc(C)c(C=NC2C3CCN(CC3)C2C(c2ccccc2)c2ccccc2)c1. The molecular weight excluding hydrogens is 376 g/mol. The number of piperidine rings is 3. The number of aryl methyl sites for hydroxylation is 2. The fraction of sp³-hybridized carbons (Fsp3) is 0.345. The fourth-order valence-electron chi connectivity index (χ4n) is 5.64. The van der Waals surface area contributed by atoms with Crippen LogP contribution in [-0.2, 0) is 0 Å². The van der Waals surface area contributed by atoms with Crippen molar-refractivity contribution in [2.75, 3.05) is 13.1 Å². The Balaban J connectivity index is 1.56. The van der Waals surface area contributed by atoms with E-state index in [0.717, 1.165) is 0 Å². The molecule has 0 amide bonds. The van der Waals surface area contributed by atoms with Crippen molar-refractivity contribution in [1.29, 1.82) is 0 Å². The van der Waals surface area contributed by atoms with Crippen LogP contribution in [0.5, 0.6) is 0 Å². The average Bonchev–Trinajstić information content (AvgIpc) is 2.82. The summed E-state index contributed by atoms with van der Waals surface area (Å²) < 4.78 is 0. The van der Waals surface area contributed by atoms with Crippen LogP contribution in [0.4, 0.5) is 0 Å². The molecule has 158 valence electrons. The van der Waals surface area contributed by atoms with Crippen LogP contribution in [0.15, 0.2) is 83.9 Å². The van der Waals surface area contributed by atoms with Crippen LogP contribution in [0.2, 0.25) is 0 Å². The Morgan fingerprint density at radius 2 is 1.45 bits per heavy atom. The Morgan fingerprint density at radius 1 is 0.839 bits per heavy atom. The van der Waals surface area contributed by atoms with Gasteiger partial charge in [0.25, 0.3) is 0 Å². The van der Waals surface area contributed by atoms with E-state index in [-0.39, 0.29) is 0 Å². The van der Waals surface area contributed by atoms with Gasteiger partial charge in [-0.05, 0) is 68.0 Å². The molecule has 2 unspecified atom stereocenters. The highest BCUT2D eigenvalue weighted by Crippen LogP contribution is 2.43. The lowest BCUT2D eigenvalue weighted by Gasteiger charge is -2.52. The molecule has 0 aliphatic carbocycles. The molecular formula is C29H32N2. The van der Waals surface area contributed by atoms with Gasteiger partial charge in [0.05, 0.1) is 6.04 Å². The van der Waals surface area contributed by atoms with E-state index < -0.39 is 0 Å². The van der Waals surface area contributed by atoms with E-state index in [9.17, 15) is 0 Å². The number of hydrogen-bond acceptors (Lipinski definition) is 2. The third-order valence-electron chi connectivity index (χ3n) is 7.31. The van der Waals surface area contributed by atoms with Crippen LogP contribution in [0.3, 0.4) is 0 Å². The molecule has 2 atom stereocenters. The van der Waals surface area contributed by atoms with Crippen molar-refractivity contribution in [3.8, 4) is 0 Å². The van der Waals surface area contributed by atoms with Gasteiger partial charge in [0.1, 0.15) is 0 Å². The largest absolute Gasteiger partial charge is 0.297 e. The second kappa shape index (κ2) is 8.80. The predicted molar refractivity (Wildman–Crippen MR) is 130 cm³/mol. The van der Waals surface area contributed by atoms with Gasteiger partial charge >= 0.3 is 0 Å². The highest BCUT2D eigenvalue weighted by molar-refractivity contribution is 5.82. The second-order valence-corrected chi connectivity index (χ2v) is 9.29. The van der Waals surface area contributed by atoms with Crippen molar-refractivity contribution < 1.29 is 0 Å². The van der Waals surface area contributed by atoms with Gasteiger partial charge in [-0.15, -0.1) is 0 Å². The van der Waals surface area contributed by atoms with Crippen LogP contribution in [0.25, 0.3) is 0 Å². The zero-order valence-corrected chi connectivity index (χ0v) is 18.6. The molecule has 3 saturated heterocycles. The predicted octanol–water partition coefficient (Wildman–Crippen LogP) is 6.02. The van der Waals surface area contributed by atoms with Gasteiger partial charge in [0, 0.05) is 18.2 Å². The van der Waals surface area contributed by atoms with Gasteiger partial charge in [-0.25, -0.2) is 0 Å². The van der Waals surface area contributed by atoms with Gasteiger partial charge < -0.3 is 0 Å². The number of aliphatic imine (C=N–C) groups is 1. The summed E-state index contributed by atoms with van der Waals surface area (Å²) in [7, 11) is 0.